The highest BCUT2D eigenvalue weighted by Gasteiger charge is 2.05. The fourth-order valence-corrected chi connectivity index (χ4v) is 2.61. The number of carbonyl (C=O) groups is 2. The second-order valence-electron chi connectivity index (χ2n) is 6.18. The van der Waals surface area contributed by atoms with Gasteiger partial charge in [0.1, 0.15) is 5.75 Å². The molecule has 5 heteroatoms. The molecule has 0 fully saturated rings. The molecule has 0 spiro atoms. The molecule has 0 aliphatic carbocycles. The van der Waals surface area contributed by atoms with E-state index < -0.39 is 11.9 Å². The van der Waals surface area contributed by atoms with E-state index in [-0.39, 0.29) is 5.75 Å². The maximum absolute atomic E-state index is 11.6. The number of unbranched alkanes of at least 4 members (excludes halogenated alkanes) is 8. The molecule has 0 aliphatic rings. The molecule has 0 bridgehead atoms. The summed E-state index contributed by atoms with van der Waals surface area (Å²) in [6.07, 6.45) is 13.0. The zero-order valence-corrected chi connectivity index (χ0v) is 16.3. The van der Waals surface area contributed by atoms with Crippen molar-refractivity contribution in [3.8, 4) is 5.75 Å². The van der Waals surface area contributed by atoms with Gasteiger partial charge in [-0.15, -0.1) is 0 Å². The smallest absolute Gasteiger partial charge is 0.336 e. The molecule has 0 aromatic heterocycles. The van der Waals surface area contributed by atoms with E-state index in [9.17, 15) is 9.59 Å². The predicted molar refractivity (Wildman–Crippen MR) is 104 cm³/mol. The van der Waals surface area contributed by atoms with Crippen LogP contribution in [0.4, 0.5) is 0 Å². The standard InChI is InChI=1S/C21H29ClO4/c1-2-3-4-5-6-7-8-9-12-17-25-20(23)15-16-21(24)26-19-14-11-10-13-18(19)22/h10-11,13-16H,2-9,12,17H2,1H3/b16-15+. The third-order valence-corrected chi connectivity index (χ3v) is 4.21. The Hall–Kier alpha value is -1.81. The minimum absolute atomic E-state index is 0.256. The van der Waals surface area contributed by atoms with Gasteiger partial charge < -0.3 is 9.47 Å². The van der Waals surface area contributed by atoms with Crippen molar-refractivity contribution < 1.29 is 19.1 Å². The van der Waals surface area contributed by atoms with Crippen molar-refractivity contribution in [2.75, 3.05) is 6.61 Å². The average molecular weight is 381 g/mol. The topological polar surface area (TPSA) is 52.6 Å². The van der Waals surface area contributed by atoms with Gasteiger partial charge >= 0.3 is 11.9 Å². The number of carbonyl (C=O) groups excluding carboxylic acids is 2. The first-order valence-electron chi connectivity index (χ1n) is 9.44. The summed E-state index contributed by atoms with van der Waals surface area (Å²) in [6.45, 7) is 2.59. The van der Waals surface area contributed by atoms with Crippen molar-refractivity contribution in [3.63, 3.8) is 0 Å². The lowest BCUT2D eigenvalue weighted by Crippen LogP contribution is -2.07. The van der Waals surface area contributed by atoms with Gasteiger partial charge in [0, 0.05) is 12.2 Å². The highest BCUT2D eigenvalue weighted by molar-refractivity contribution is 6.32. The Balaban J connectivity index is 2.06. The minimum Gasteiger partial charge on any atom is -0.463 e. The maximum Gasteiger partial charge on any atom is 0.336 e. The lowest BCUT2D eigenvalue weighted by atomic mass is 10.1. The van der Waals surface area contributed by atoms with Crippen LogP contribution in [0.25, 0.3) is 0 Å². The number of para-hydroxylation sites is 1. The van der Waals surface area contributed by atoms with Gasteiger partial charge in [-0.3, -0.25) is 0 Å². The van der Waals surface area contributed by atoms with E-state index in [1.165, 1.54) is 44.9 Å². The molecule has 0 heterocycles. The zero-order valence-electron chi connectivity index (χ0n) is 15.5. The number of hydrogen-bond donors (Lipinski definition) is 0. The lowest BCUT2D eigenvalue weighted by Gasteiger charge is -2.04. The molecule has 0 radical (unpaired) electrons. The van der Waals surface area contributed by atoms with Crippen LogP contribution in [0.15, 0.2) is 36.4 Å². The number of rotatable bonds is 13. The highest BCUT2D eigenvalue weighted by atomic mass is 35.5. The molecular weight excluding hydrogens is 352 g/mol. The Morgan fingerprint density at radius 2 is 1.46 bits per heavy atom. The van der Waals surface area contributed by atoms with Crippen molar-refractivity contribution in [2.45, 2.75) is 64.7 Å². The third kappa shape index (κ3) is 10.9. The molecule has 0 saturated heterocycles. The summed E-state index contributed by atoms with van der Waals surface area (Å²) in [7, 11) is 0. The zero-order chi connectivity index (χ0) is 19.0. The van der Waals surface area contributed by atoms with Gasteiger partial charge in [-0.25, -0.2) is 9.59 Å². The van der Waals surface area contributed by atoms with Crippen molar-refractivity contribution in [1.82, 2.24) is 0 Å². The van der Waals surface area contributed by atoms with Crippen LogP contribution in [0.5, 0.6) is 5.75 Å². The van der Waals surface area contributed by atoms with E-state index in [1.54, 1.807) is 24.3 Å². The summed E-state index contributed by atoms with van der Waals surface area (Å²) < 4.78 is 10.1. The number of halogens is 1. The van der Waals surface area contributed by atoms with Gasteiger partial charge in [-0.05, 0) is 18.6 Å². The van der Waals surface area contributed by atoms with Crippen LogP contribution in [0.2, 0.25) is 5.02 Å². The Bertz CT molecular complexity index is 569. The van der Waals surface area contributed by atoms with Gasteiger partial charge in [-0.2, -0.15) is 0 Å². The minimum atomic E-state index is -0.668. The van der Waals surface area contributed by atoms with Gasteiger partial charge in [0.05, 0.1) is 11.6 Å². The fraction of sp³-hybridized carbons (Fsp3) is 0.524. The van der Waals surface area contributed by atoms with E-state index in [1.807, 2.05) is 0 Å². The van der Waals surface area contributed by atoms with Crippen LogP contribution in [-0.4, -0.2) is 18.5 Å². The first-order chi connectivity index (χ1) is 12.6. The van der Waals surface area contributed by atoms with Crippen LogP contribution in [0.3, 0.4) is 0 Å². The molecule has 144 valence electrons. The summed E-state index contributed by atoms with van der Waals surface area (Å²) in [5.74, 6) is -0.953. The first-order valence-corrected chi connectivity index (χ1v) is 9.82. The molecule has 0 unspecified atom stereocenters. The Kier molecular flexibility index (Phi) is 12.3. The van der Waals surface area contributed by atoms with Gasteiger partial charge in [-0.1, -0.05) is 82.0 Å². The Morgan fingerprint density at radius 3 is 2.12 bits per heavy atom. The second-order valence-corrected chi connectivity index (χ2v) is 6.59. The average Bonchev–Trinajstić information content (AvgIpc) is 2.63. The number of hydrogen-bond acceptors (Lipinski definition) is 4. The molecule has 4 nitrogen and oxygen atoms in total. The molecule has 0 saturated carbocycles. The van der Waals surface area contributed by atoms with Crippen LogP contribution in [-0.2, 0) is 14.3 Å². The normalized spacial score (nSPS) is 10.8. The first kappa shape index (κ1) is 22.2. The molecule has 1 aromatic rings. The molecule has 26 heavy (non-hydrogen) atoms. The number of ether oxygens (including phenoxy) is 2. The van der Waals surface area contributed by atoms with Crippen molar-refractivity contribution in [1.29, 1.82) is 0 Å². The monoisotopic (exact) mass is 380 g/mol. The predicted octanol–water partition coefficient (Wildman–Crippen LogP) is 5.88. The van der Waals surface area contributed by atoms with Crippen molar-refractivity contribution in [3.05, 3.63) is 41.4 Å². The summed E-state index contributed by atoms with van der Waals surface area (Å²) in [6, 6.07) is 6.64. The summed E-state index contributed by atoms with van der Waals surface area (Å²) >= 11 is 5.89. The molecule has 1 aromatic carbocycles. The number of esters is 2. The summed E-state index contributed by atoms with van der Waals surface area (Å²) in [5, 5.41) is 0.335. The van der Waals surface area contributed by atoms with Crippen LogP contribution in [0, 0.1) is 0 Å². The van der Waals surface area contributed by atoms with Crippen LogP contribution < -0.4 is 4.74 Å². The lowest BCUT2D eigenvalue weighted by molar-refractivity contribution is -0.138. The van der Waals surface area contributed by atoms with Gasteiger partial charge in [0.15, 0.2) is 0 Å². The quantitative estimate of drug-likeness (QED) is 0.186. The highest BCUT2D eigenvalue weighted by Crippen LogP contribution is 2.23. The van der Waals surface area contributed by atoms with E-state index in [4.69, 9.17) is 21.1 Å². The SMILES string of the molecule is CCCCCCCCCCCOC(=O)/C=C/C(=O)Oc1ccccc1Cl. The van der Waals surface area contributed by atoms with E-state index in [0.717, 1.165) is 25.0 Å². The van der Waals surface area contributed by atoms with Crippen molar-refractivity contribution in [2.24, 2.45) is 0 Å². The molecular formula is C21H29ClO4. The van der Waals surface area contributed by atoms with E-state index in [0.29, 0.717) is 11.6 Å². The van der Waals surface area contributed by atoms with Crippen LogP contribution >= 0.6 is 11.6 Å². The molecule has 0 amide bonds. The van der Waals surface area contributed by atoms with Crippen molar-refractivity contribution >= 4 is 23.5 Å². The van der Waals surface area contributed by atoms with E-state index in [2.05, 4.69) is 6.92 Å². The van der Waals surface area contributed by atoms with Crippen LogP contribution in [0.1, 0.15) is 64.7 Å². The Labute approximate surface area is 161 Å². The fourth-order valence-electron chi connectivity index (χ4n) is 2.44. The molecule has 0 atom stereocenters. The van der Waals surface area contributed by atoms with Gasteiger partial charge in [0.25, 0.3) is 0 Å². The molecule has 0 aliphatic heterocycles. The summed E-state index contributed by atoms with van der Waals surface area (Å²) in [4.78, 5) is 23.2. The molecule has 0 N–H and O–H groups in total. The van der Waals surface area contributed by atoms with Gasteiger partial charge in [0.2, 0.25) is 0 Å². The largest absolute Gasteiger partial charge is 0.463 e. The third-order valence-electron chi connectivity index (χ3n) is 3.89. The van der Waals surface area contributed by atoms with E-state index >= 15 is 0 Å². The maximum atomic E-state index is 11.6. The summed E-state index contributed by atoms with van der Waals surface area (Å²) in [5.41, 5.74) is 0. The number of benzene rings is 1. The molecule has 1 rings (SSSR count). The Morgan fingerprint density at radius 1 is 0.885 bits per heavy atom. The second kappa shape index (κ2) is 14.4.